The van der Waals surface area contributed by atoms with Gasteiger partial charge in [-0.1, -0.05) is 19.1 Å². The third-order valence-corrected chi connectivity index (χ3v) is 4.19. The zero-order chi connectivity index (χ0) is 15.7. The Morgan fingerprint density at radius 1 is 1.24 bits per heavy atom. The molecule has 1 rings (SSSR count). The summed E-state index contributed by atoms with van der Waals surface area (Å²) in [6, 6.07) is 6.79. The van der Waals surface area contributed by atoms with Crippen LogP contribution in [0.25, 0.3) is 0 Å². The number of ether oxygens (including phenoxy) is 1. The van der Waals surface area contributed by atoms with Crippen molar-refractivity contribution >= 4 is 21.6 Å². The number of carbonyl (C=O) groups is 1. The number of benzene rings is 1. The number of anilines is 1. The highest BCUT2D eigenvalue weighted by Crippen LogP contribution is 2.12. The van der Waals surface area contributed by atoms with Crippen LogP contribution in [0.15, 0.2) is 24.3 Å². The highest BCUT2D eigenvalue weighted by Gasteiger charge is 2.09. The lowest BCUT2D eigenvalue weighted by Gasteiger charge is -2.08. The molecule has 21 heavy (non-hydrogen) atoms. The van der Waals surface area contributed by atoms with E-state index in [0.717, 1.165) is 5.56 Å². The lowest BCUT2D eigenvalue weighted by atomic mass is 10.1. The second-order valence-electron chi connectivity index (χ2n) is 4.64. The SMILES string of the molecule is CCCS(=O)(=O)Nc1ccc(CC(=O)NCCOC)cc1. The van der Waals surface area contributed by atoms with E-state index in [2.05, 4.69) is 10.0 Å². The van der Waals surface area contributed by atoms with Crippen LogP contribution in [0.2, 0.25) is 0 Å². The maximum atomic E-state index is 11.6. The van der Waals surface area contributed by atoms with E-state index in [1.54, 1.807) is 31.4 Å². The van der Waals surface area contributed by atoms with Crippen molar-refractivity contribution in [2.75, 3.05) is 30.7 Å². The minimum absolute atomic E-state index is 0.0913. The molecule has 0 spiro atoms. The minimum atomic E-state index is -3.28. The normalized spacial score (nSPS) is 11.1. The van der Waals surface area contributed by atoms with Gasteiger partial charge in [-0.15, -0.1) is 0 Å². The Bertz CT molecular complexity index is 541. The average Bonchev–Trinajstić information content (AvgIpc) is 2.41. The summed E-state index contributed by atoms with van der Waals surface area (Å²) in [5, 5.41) is 2.73. The van der Waals surface area contributed by atoms with Crippen LogP contribution in [0, 0.1) is 0 Å². The van der Waals surface area contributed by atoms with Crippen LogP contribution in [0.1, 0.15) is 18.9 Å². The largest absolute Gasteiger partial charge is 0.383 e. The third kappa shape index (κ3) is 7.10. The monoisotopic (exact) mass is 314 g/mol. The maximum absolute atomic E-state index is 11.6. The molecule has 7 heteroatoms. The Hall–Kier alpha value is -1.60. The zero-order valence-electron chi connectivity index (χ0n) is 12.4. The van der Waals surface area contributed by atoms with Crippen LogP contribution in [0.5, 0.6) is 0 Å². The molecule has 1 aromatic carbocycles. The standard InChI is InChI=1S/C14H22N2O4S/c1-3-10-21(18,19)16-13-6-4-12(5-7-13)11-14(17)15-8-9-20-2/h4-7,16H,3,8-11H2,1-2H3,(H,15,17). The Labute approximate surface area is 125 Å². The molecule has 0 saturated heterocycles. The fraction of sp³-hybridized carbons (Fsp3) is 0.500. The molecular formula is C14H22N2O4S. The highest BCUT2D eigenvalue weighted by molar-refractivity contribution is 7.92. The molecule has 0 heterocycles. The number of nitrogens with one attached hydrogen (secondary N) is 2. The van der Waals surface area contributed by atoms with Gasteiger partial charge in [-0.05, 0) is 24.1 Å². The first-order valence-electron chi connectivity index (χ1n) is 6.82. The van der Waals surface area contributed by atoms with Gasteiger partial charge in [0.15, 0.2) is 0 Å². The first kappa shape index (κ1) is 17.5. The molecular weight excluding hydrogens is 292 g/mol. The van der Waals surface area contributed by atoms with Gasteiger partial charge < -0.3 is 10.1 Å². The number of hydrogen-bond donors (Lipinski definition) is 2. The van der Waals surface area contributed by atoms with Crippen molar-refractivity contribution in [3.05, 3.63) is 29.8 Å². The molecule has 0 bridgehead atoms. The van der Waals surface area contributed by atoms with Crippen molar-refractivity contribution in [2.45, 2.75) is 19.8 Å². The Morgan fingerprint density at radius 3 is 2.48 bits per heavy atom. The van der Waals surface area contributed by atoms with Gasteiger partial charge in [0.05, 0.1) is 18.8 Å². The van der Waals surface area contributed by atoms with Gasteiger partial charge in [0.1, 0.15) is 0 Å². The quantitative estimate of drug-likeness (QED) is 0.670. The van der Waals surface area contributed by atoms with E-state index in [1.807, 2.05) is 6.92 Å². The van der Waals surface area contributed by atoms with Crippen molar-refractivity contribution in [3.63, 3.8) is 0 Å². The summed E-state index contributed by atoms with van der Waals surface area (Å²) in [5.41, 5.74) is 1.33. The number of hydrogen-bond acceptors (Lipinski definition) is 4. The molecule has 6 nitrogen and oxygen atoms in total. The van der Waals surface area contributed by atoms with Crippen LogP contribution in [-0.2, 0) is 26.0 Å². The molecule has 2 N–H and O–H groups in total. The molecule has 0 atom stereocenters. The summed E-state index contributed by atoms with van der Waals surface area (Å²) in [6.45, 7) is 2.76. The van der Waals surface area contributed by atoms with Gasteiger partial charge in [0.25, 0.3) is 0 Å². The highest BCUT2D eigenvalue weighted by atomic mass is 32.2. The fourth-order valence-electron chi connectivity index (χ4n) is 1.73. The molecule has 0 aliphatic carbocycles. The molecule has 1 amide bonds. The van der Waals surface area contributed by atoms with Crippen LogP contribution >= 0.6 is 0 Å². The second kappa shape index (κ2) is 8.63. The van der Waals surface area contributed by atoms with E-state index in [1.165, 1.54) is 0 Å². The Kier molecular flexibility index (Phi) is 7.18. The van der Waals surface area contributed by atoms with Gasteiger partial charge in [0.2, 0.25) is 15.9 Å². The van der Waals surface area contributed by atoms with Crippen molar-refractivity contribution in [2.24, 2.45) is 0 Å². The summed E-state index contributed by atoms with van der Waals surface area (Å²) in [7, 11) is -1.70. The van der Waals surface area contributed by atoms with E-state index in [0.29, 0.717) is 25.3 Å². The Balaban J connectivity index is 2.52. The molecule has 0 unspecified atom stereocenters. The van der Waals surface area contributed by atoms with E-state index in [9.17, 15) is 13.2 Å². The number of sulfonamides is 1. The molecule has 0 aliphatic heterocycles. The van der Waals surface area contributed by atoms with E-state index < -0.39 is 10.0 Å². The molecule has 0 radical (unpaired) electrons. The van der Waals surface area contributed by atoms with Crippen molar-refractivity contribution < 1.29 is 17.9 Å². The third-order valence-electron chi connectivity index (χ3n) is 2.69. The molecule has 1 aromatic rings. The van der Waals surface area contributed by atoms with E-state index in [4.69, 9.17) is 4.74 Å². The molecule has 118 valence electrons. The lowest BCUT2D eigenvalue weighted by Crippen LogP contribution is -2.28. The van der Waals surface area contributed by atoms with Crippen molar-refractivity contribution in [1.29, 1.82) is 0 Å². The molecule has 0 fully saturated rings. The summed E-state index contributed by atoms with van der Waals surface area (Å²) in [4.78, 5) is 11.6. The first-order chi connectivity index (χ1) is 9.96. The lowest BCUT2D eigenvalue weighted by molar-refractivity contribution is -0.120. The number of carbonyl (C=O) groups excluding carboxylic acids is 1. The second-order valence-corrected chi connectivity index (χ2v) is 6.48. The van der Waals surface area contributed by atoms with Crippen LogP contribution in [-0.4, -0.2) is 40.3 Å². The number of amides is 1. The first-order valence-corrected chi connectivity index (χ1v) is 8.47. The smallest absolute Gasteiger partial charge is 0.232 e. The summed E-state index contributed by atoms with van der Waals surface area (Å²) >= 11 is 0. The summed E-state index contributed by atoms with van der Waals surface area (Å²) < 4.78 is 30.6. The number of rotatable bonds is 9. The zero-order valence-corrected chi connectivity index (χ0v) is 13.2. The van der Waals surface area contributed by atoms with E-state index in [-0.39, 0.29) is 18.1 Å². The van der Waals surface area contributed by atoms with Crippen molar-refractivity contribution in [3.8, 4) is 0 Å². The Morgan fingerprint density at radius 2 is 1.90 bits per heavy atom. The van der Waals surface area contributed by atoms with Gasteiger partial charge >= 0.3 is 0 Å². The van der Waals surface area contributed by atoms with Crippen LogP contribution in [0.3, 0.4) is 0 Å². The predicted molar refractivity (Wildman–Crippen MR) is 82.7 cm³/mol. The molecule has 0 aliphatic rings. The fourth-order valence-corrected chi connectivity index (χ4v) is 2.87. The average molecular weight is 314 g/mol. The van der Waals surface area contributed by atoms with Crippen LogP contribution < -0.4 is 10.0 Å². The summed E-state index contributed by atoms with van der Waals surface area (Å²) in [5.74, 6) is 0.00258. The van der Waals surface area contributed by atoms with E-state index >= 15 is 0 Å². The van der Waals surface area contributed by atoms with Gasteiger partial charge in [-0.3, -0.25) is 9.52 Å². The summed E-state index contributed by atoms with van der Waals surface area (Å²) in [6.07, 6.45) is 0.820. The minimum Gasteiger partial charge on any atom is -0.383 e. The van der Waals surface area contributed by atoms with Gasteiger partial charge in [0, 0.05) is 19.3 Å². The maximum Gasteiger partial charge on any atom is 0.232 e. The molecule has 0 aromatic heterocycles. The van der Waals surface area contributed by atoms with Crippen molar-refractivity contribution in [1.82, 2.24) is 5.32 Å². The molecule has 0 saturated carbocycles. The number of methoxy groups -OCH3 is 1. The van der Waals surface area contributed by atoms with Crippen LogP contribution in [0.4, 0.5) is 5.69 Å². The predicted octanol–water partition coefficient (Wildman–Crippen LogP) is 1.14. The van der Waals surface area contributed by atoms with Gasteiger partial charge in [-0.25, -0.2) is 8.42 Å². The van der Waals surface area contributed by atoms with Gasteiger partial charge in [-0.2, -0.15) is 0 Å². The topological polar surface area (TPSA) is 84.5 Å².